The summed E-state index contributed by atoms with van der Waals surface area (Å²) in [5.41, 5.74) is 9.37. The van der Waals surface area contributed by atoms with Crippen molar-refractivity contribution >= 4 is 54.5 Å². The number of aromatic nitrogens is 3. The number of hydrogen-bond donors (Lipinski definition) is 0. The van der Waals surface area contributed by atoms with Gasteiger partial charge in [0.05, 0.1) is 24.5 Å². The summed E-state index contributed by atoms with van der Waals surface area (Å²) in [5.74, 6) is 2.37. The number of pyridine rings is 2. The topological polar surface area (TPSA) is 52.3 Å². The molecule has 0 atom stereocenters. The highest BCUT2D eigenvalue weighted by atomic mass is 16.5. The number of benzene rings is 6. The minimum Gasteiger partial charge on any atom is -0.490 e. The van der Waals surface area contributed by atoms with Crippen LogP contribution < -0.4 is 18.6 Å². The molecule has 3 aromatic heterocycles. The molecule has 0 radical (unpaired) electrons. The van der Waals surface area contributed by atoms with Crippen LogP contribution in [0.25, 0.3) is 88.2 Å². The quantitative estimate of drug-likeness (QED) is 0.0806. The van der Waals surface area contributed by atoms with Gasteiger partial charge in [-0.1, -0.05) is 62.7 Å². The lowest BCUT2D eigenvalue weighted by molar-refractivity contribution is -0.671. The van der Waals surface area contributed by atoms with Crippen LogP contribution in [0.4, 0.5) is 0 Å². The largest absolute Gasteiger partial charge is 0.490 e. The number of fused-ring (bicyclic) bond motifs is 5. The third kappa shape index (κ3) is 5.52. The van der Waals surface area contributed by atoms with Gasteiger partial charge in [0.15, 0.2) is 29.5 Å². The molecule has 0 saturated heterocycles. The summed E-state index contributed by atoms with van der Waals surface area (Å²) in [7, 11) is 3.86. The van der Waals surface area contributed by atoms with Crippen molar-refractivity contribution in [3.63, 3.8) is 0 Å². The molecule has 0 aliphatic heterocycles. The molecule has 0 spiro atoms. The van der Waals surface area contributed by atoms with E-state index >= 15 is 0 Å². The van der Waals surface area contributed by atoms with Crippen molar-refractivity contribution in [1.82, 2.24) is 4.98 Å². The van der Waals surface area contributed by atoms with Gasteiger partial charge in [-0.3, -0.25) is 0 Å². The summed E-state index contributed by atoms with van der Waals surface area (Å²) in [6, 6.07) is 40.9. The van der Waals surface area contributed by atoms with Crippen LogP contribution in [0.2, 0.25) is 0 Å². The summed E-state index contributed by atoms with van der Waals surface area (Å²) < 4.78 is 23.3. The van der Waals surface area contributed by atoms with E-state index in [0.29, 0.717) is 12.5 Å². The number of ether oxygens (including phenoxy) is 2. The van der Waals surface area contributed by atoms with Gasteiger partial charge >= 0.3 is 0 Å². The van der Waals surface area contributed by atoms with Gasteiger partial charge in [-0.15, -0.1) is 0 Å². The Labute approximate surface area is 314 Å². The first-order valence-electron chi connectivity index (χ1n) is 19.0. The maximum absolute atomic E-state index is 6.41. The normalized spacial score (nSPS) is 11.7. The van der Waals surface area contributed by atoms with Gasteiger partial charge in [0.1, 0.15) is 19.1 Å². The van der Waals surface area contributed by atoms with Gasteiger partial charge < -0.3 is 13.9 Å². The molecule has 0 fully saturated rings. The van der Waals surface area contributed by atoms with Gasteiger partial charge in [-0.25, -0.2) is 4.98 Å². The highest BCUT2D eigenvalue weighted by Gasteiger charge is 2.25. The molecular weight excluding hydrogens is 667 g/mol. The van der Waals surface area contributed by atoms with E-state index in [4.69, 9.17) is 18.9 Å². The lowest BCUT2D eigenvalue weighted by Gasteiger charge is -2.20. The SMILES string of the molecule is CCCCOc1ccc(-c2c3ccccc3c(-c3ccc(OC)c4c3ccc[n+]4CCC)c3cc(-c4nc5ccccc5o4)ccc23)c2ccc[n+](C)c12. The van der Waals surface area contributed by atoms with Crippen LogP contribution >= 0.6 is 0 Å². The fourth-order valence-corrected chi connectivity index (χ4v) is 8.19. The number of para-hydroxylation sites is 2. The lowest BCUT2D eigenvalue weighted by atomic mass is 9.83. The molecule has 0 saturated carbocycles. The van der Waals surface area contributed by atoms with Gasteiger partial charge in [0.25, 0.3) is 11.0 Å². The predicted molar refractivity (Wildman–Crippen MR) is 219 cm³/mol. The van der Waals surface area contributed by atoms with Crippen LogP contribution in [0.3, 0.4) is 0 Å². The number of unbranched alkanes of at least 4 members (excludes halogenated alkanes) is 1. The first kappa shape index (κ1) is 33.6. The van der Waals surface area contributed by atoms with Crippen LogP contribution in [-0.4, -0.2) is 18.7 Å². The third-order valence-electron chi connectivity index (χ3n) is 10.6. The predicted octanol–water partition coefficient (Wildman–Crippen LogP) is 11.2. The number of aryl methyl sites for hydroxylation is 2. The highest BCUT2D eigenvalue weighted by Crippen LogP contribution is 2.48. The van der Waals surface area contributed by atoms with Crippen molar-refractivity contribution in [2.75, 3.05) is 13.7 Å². The van der Waals surface area contributed by atoms with E-state index in [-0.39, 0.29) is 0 Å². The third-order valence-corrected chi connectivity index (χ3v) is 10.6. The second kappa shape index (κ2) is 13.9. The fourth-order valence-electron chi connectivity index (χ4n) is 8.19. The van der Waals surface area contributed by atoms with E-state index in [1.165, 1.54) is 21.9 Å². The maximum atomic E-state index is 6.41. The number of hydrogen-bond acceptors (Lipinski definition) is 4. The minimum atomic E-state index is 0.602. The molecule has 6 aromatic carbocycles. The molecule has 0 N–H and O–H groups in total. The van der Waals surface area contributed by atoms with Crippen LogP contribution in [0.1, 0.15) is 33.1 Å². The molecule has 0 aliphatic rings. The van der Waals surface area contributed by atoms with Gasteiger partial charge in [0.2, 0.25) is 5.89 Å². The average Bonchev–Trinajstić information content (AvgIpc) is 3.65. The zero-order valence-corrected chi connectivity index (χ0v) is 31.2. The van der Waals surface area contributed by atoms with E-state index in [1.807, 2.05) is 24.3 Å². The van der Waals surface area contributed by atoms with Crippen molar-refractivity contribution in [3.8, 4) is 45.2 Å². The monoisotopic (exact) mass is 709 g/mol. The molecule has 9 rings (SSSR count). The van der Waals surface area contributed by atoms with Crippen LogP contribution in [0.15, 0.2) is 132 Å². The molecule has 266 valence electrons. The van der Waals surface area contributed by atoms with E-state index in [0.717, 1.165) is 97.7 Å². The zero-order chi connectivity index (χ0) is 36.8. The Morgan fingerprint density at radius 3 is 2.04 bits per heavy atom. The van der Waals surface area contributed by atoms with E-state index < -0.39 is 0 Å². The molecule has 54 heavy (non-hydrogen) atoms. The zero-order valence-electron chi connectivity index (χ0n) is 31.2. The first-order chi connectivity index (χ1) is 26.6. The summed E-state index contributed by atoms with van der Waals surface area (Å²) in [4.78, 5) is 4.93. The first-order valence-corrected chi connectivity index (χ1v) is 19.0. The van der Waals surface area contributed by atoms with Crippen LogP contribution in [-0.2, 0) is 13.6 Å². The number of rotatable bonds is 10. The summed E-state index contributed by atoms with van der Waals surface area (Å²) >= 11 is 0. The Balaban J connectivity index is 1.41. The van der Waals surface area contributed by atoms with Gasteiger partial charge in [-0.2, -0.15) is 9.13 Å². The molecule has 0 aliphatic carbocycles. The van der Waals surface area contributed by atoms with Gasteiger partial charge in [0, 0.05) is 24.1 Å². The molecule has 0 unspecified atom stereocenters. The Kier molecular flexibility index (Phi) is 8.66. The summed E-state index contributed by atoms with van der Waals surface area (Å²) in [6.45, 7) is 5.98. The number of oxazole rings is 1. The van der Waals surface area contributed by atoms with Crippen molar-refractivity contribution in [2.45, 2.75) is 39.7 Å². The van der Waals surface area contributed by atoms with Crippen molar-refractivity contribution in [3.05, 3.63) is 128 Å². The van der Waals surface area contributed by atoms with Crippen molar-refractivity contribution < 1.29 is 23.0 Å². The van der Waals surface area contributed by atoms with E-state index in [9.17, 15) is 0 Å². The minimum absolute atomic E-state index is 0.602. The maximum Gasteiger partial charge on any atom is 0.255 e. The van der Waals surface area contributed by atoms with Gasteiger partial charge in [-0.05, 0) is 111 Å². The second-order valence-corrected chi connectivity index (χ2v) is 14.0. The van der Waals surface area contributed by atoms with Crippen molar-refractivity contribution in [1.29, 1.82) is 0 Å². The molecule has 0 amide bonds. The standard InChI is InChI=1S/C48H43N3O3/c1-5-7-29-53-43-25-23-34(37-16-12-27-50(3)46(37)43)44-32-14-8-9-15-33(32)45(35-22-24-42(52-4)47-38(35)17-13-28-51(47)26-6-2)39-30-31(20-21-36(39)44)48-49-40-18-10-11-19-41(40)54-48/h8-25,27-28,30H,5-7,26,29H2,1-4H3/q+2. The Hall–Kier alpha value is -6.27. The Morgan fingerprint density at radius 1 is 0.630 bits per heavy atom. The van der Waals surface area contributed by atoms with Crippen LogP contribution in [0, 0.1) is 0 Å². The summed E-state index contributed by atoms with van der Waals surface area (Å²) in [6.07, 6.45) is 7.37. The smallest absolute Gasteiger partial charge is 0.255 e. The van der Waals surface area contributed by atoms with Crippen molar-refractivity contribution in [2.24, 2.45) is 7.05 Å². The Bertz CT molecular complexity index is 2840. The summed E-state index contributed by atoms with van der Waals surface area (Å²) in [5, 5.41) is 6.91. The van der Waals surface area contributed by atoms with Crippen LogP contribution in [0.5, 0.6) is 11.5 Å². The fraction of sp³-hybridized carbons (Fsp3) is 0.188. The van der Waals surface area contributed by atoms with E-state index in [2.05, 4.69) is 133 Å². The highest BCUT2D eigenvalue weighted by molar-refractivity contribution is 6.25. The molecule has 0 bridgehead atoms. The molecule has 3 heterocycles. The molecule has 9 aromatic rings. The Morgan fingerprint density at radius 2 is 1.30 bits per heavy atom. The van der Waals surface area contributed by atoms with E-state index in [1.54, 1.807) is 7.11 Å². The number of nitrogens with zero attached hydrogens (tertiary/aromatic N) is 3. The molecular formula is C48H43N3O3+2. The lowest BCUT2D eigenvalue weighted by Crippen LogP contribution is -2.34. The number of methoxy groups -OCH3 is 1. The molecule has 6 heteroatoms. The average molecular weight is 710 g/mol. The second-order valence-electron chi connectivity index (χ2n) is 14.0. The molecule has 6 nitrogen and oxygen atoms in total.